The van der Waals surface area contributed by atoms with Gasteiger partial charge in [-0.2, -0.15) is 11.8 Å². The van der Waals surface area contributed by atoms with Crippen LogP contribution in [0.2, 0.25) is 0 Å². The summed E-state index contributed by atoms with van der Waals surface area (Å²) in [5, 5.41) is 21.1. The molecule has 0 radical (unpaired) electrons. The molecule has 2 aliphatic heterocycles. The van der Waals surface area contributed by atoms with Gasteiger partial charge < -0.3 is 31.1 Å². The van der Waals surface area contributed by atoms with Gasteiger partial charge >= 0.3 is 12.0 Å². The minimum Gasteiger partial charge on any atom is -0.466 e. The van der Waals surface area contributed by atoms with E-state index >= 15 is 0 Å². The lowest BCUT2D eigenvalue weighted by Crippen LogP contribution is -2.36. The van der Waals surface area contributed by atoms with E-state index in [2.05, 4.69) is 69.9 Å². The number of unbranched alkanes of at least 4 members (excludes halogenated alkanes) is 6. The summed E-state index contributed by atoms with van der Waals surface area (Å²) in [5.74, 6) is 0.907. The van der Waals surface area contributed by atoms with Crippen LogP contribution in [0, 0.1) is 0 Å². The Labute approximate surface area is 298 Å². The van der Waals surface area contributed by atoms with Crippen LogP contribution < -0.4 is 21.3 Å². The number of nitrogens with one attached hydrogen (secondary N) is 4. The Balaban J connectivity index is 1.29. The molecule has 2 rings (SSSR count). The van der Waals surface area contributed by atoms with Crippen molar-refractivity contribution in [1.82, 2.24) is 21.3 Å². The van der Waals surface area contributed by atoms with E-state index in [1.807, 2.05) is 11.8 Å². The number of amides is 4. The van der Waals surface area contributed by atoms with Gasteiger partial charge in [0.25, 0.3) is 0 Å². The van der Waals surface area contributed by atoms with Crippen molar-refractivity contribution in [3.05, 3.63) is 48.6 Å². The Morgan fingerprint density at radius 2 is 1.47 bits per heavy atom. The van der Waals surface area contributed by atoms with Crippen molar-refractivity contribution in [3.8, 4) is 0 Å². The molecule has 2 fully saturated rings. The molecule has 0 aromatic carbocycles. The summed E-state index contributed by atoms with van der Waals surface area (Å²) >= 11 is 1.91. The first-order valence-corrected chi connectivity index (χ1v) is 19.5. The SMILES string of the molecule is C[C@H](CO)NC(=O)CCC/C=C\C/C=C\C/C=C\C/C=C\CCCCOC(=O)CCCCCNC(=O)CCCC[C@@H]1SC[C@@H]2NC(=O)N[C@@H]21. The number of aliphatic hydroxyl groups is 1. The monoisotopic (exact) mass is 702 g/mol. The van der Waals surface area contributed by atoms with E-state index in [1.165, 1.54) is 0 Å². The summed E-state index contributed by atoms with van der Waals surface area (Å²) in [6.07, 6.45) is 31.3. The van der Waals surface area contributed by atoms with Gasteiger partial charge in [0, 0.05) is 42.9 Å². The Morgan fingerprint density at radius 3 is 2.18 bits per heavy atom. The standard InChI is InChI=1S/C38H62N4O6S/c1-31(29-43)40-35(45)25-17-14-12-10-8-6-4-2-3-5-7-9-11-13-15-22-28-48-36(46)26-18-16-21-27-39-34(44)24-20-19-23-33-37-32(30-49-33)41-38(47)42-37/h3-6,9-12,31-33,37,43H,2,7-8,13-30H2,1H3,(H,39,44)(H,40,45)(H2,41,42,47)/b5-3-,6-4-,11-9-,12-10-/t31-,32+,33+,37+/m1/s1. The lowest BCUT2D eigenvalue weighted by Gasteiger charge is -2.16. The zero-order chi connectivity index (χ0) is 35.4. The highest BCUT2D eigenvalue weighted by molar-refractivity contribution is 8.00. The zero-order valence-corrected chi connectivity index (χ0v) is 30.5. The average molecular weight is 703 g/mol. The molecule has 2 aliphatic rings. The maximum Gasteiger partial charge on any atom is 0.315 e. The molecule has 10 nitrogen and oxygen atoms in total. The second-order valence-corrected chi connectivity index (χ2v) is 14.2. The predicted octanol–water partition coefficient (Wildman–Crippen LogP) is 6.16. The number of ether oxygens (including phenoxy) is 1. The summed E-state index contributed by atoms with van der Waals surface area (Å²) in [5.41, 5.74) is 0. The molecule has 4 amide bonds. The van der Waals surface area contributed by atoms with Crippen molar-refractivity contribution in [1.29, 1.82) is 0 Å². The fourth-order valence-electron chi connectivity index (χ4n) is 5.61. The summed E-state index contributed by atoms with van der Waals surface area (Å²) in [6.45, 7) is 2.86. The predicted molar refractivity (Wildman–Crippen MR) is 199 cm³/mol. The topological polar surface area (TPSA) is 146 Å². The number of rotatable bonds is 28. The molecule has 0 aliphatic carbocycles. The van der Waals surface area contributed by atoms with Gasteiger partial charge in [0.15, 0.2) is 0 Å². The quantitative estimate of drug-likeness (QED) is 0.0284. The van der Waals surface area contributed by atoms with Crippen LogP contribution in [0.1, 0.15) is 116 Å². The number of esters is 1. The first-order valence-electron chi connectivity index (χ1n) is 18.5. The van der Waals surface area contributed by atoms with Crippen molar-refractivity contribution < 1.29 is 29.0 Å². The molecule has 0 saturated carbocycles. The lowest BCUT2D eigenvalue weighted by molar-refractivity contribution is -0.144. The van der Waals surface area contributed by atoms with Crippen LogP contribution in [0.5, 0.6) is 0 Å². The number of hydrogen-bond acceptors (Lipinski definition) is 7. The molecule has 2 heterocycles. The zero-order valence-electron chi connectivity index (χ0n) is 29.7. The van der Waals surface area contributed by atoms with Crippen molar-refractivity contribution in [3.63, 3.8) is 0 Å². The van der Waals surface area contributed by atoms with Crippen molar-refractivity contribution in [2.75, 3.05) is 25.5 Å². The largest absolute Gasteiger partial charge is 0.466 e. The van der Waals surface area contributed by atoms with E-state index in [1.54, 1.807) is 6.92 Å². The normalized spacial score (nSPS) is 19.5. The van der Waals surface area contributed by atoms with Crippen molar-refractivity contribution in [2.24, 2.45) is 0 Å². The molecule has 11 heteroatoms. The molecule has 5 N–H and O–H groups in total. The molecule has 49 heavy (non-hydrogen) atoms. The van der Waals surface area contributed by atoms with Gasteiger partial charge in [-0.1, -0.05) is 61.4 Å². The van der Waals surface area contributed by atoms with Gasteiger partial charge in [-0.05, 0) is 84.0 Å². The van der Waals surface area contributed by atoms with Crippen LogP contribution in [0.4, 0.5) is 4.79 Å². The maximum absolute atomic E-state index is 12.1. The minimum absolute atomic E-state index is 0.00829. The van der Waals surface area contributed by atoms with Crippen LogP contribution >= 0.6 is 11.8 Å². The van der Waals surface area contributed by atoms with Gasteiger partial charge in [0.05, 0.1) is 25.3 Å². The number of hydrogen-bond donors (Lipinski definition) is 5. The molecule has 2 saturated heterocycles. The number of thioether (sulfide) groups is 1. The van der Waals surface area contributed by atoms with E-state index in [0.29, 0.717) is 37.7 Å². The number of allylic oxidation sites excluding steroid dienone is 8. The molecule has 0 aromatic heterocycles. The fourth-order valence-corrected chi connectivity index (χ4v) is 7.15. The third kappa shape index (κ3) is 21.6. The molecule has 0 aromatic rings. The van der Waals surface area contributed by atoms with Crippen LogP contribution in [-0.2, 0) is 19.1 Å². The highest BCUT2D eigenvalue weighted by atomic mass is 32.2. The van der Waals surface area contributed by atoms with Crippen LogP contribution in [0.15, 0.2) is 48.6 Å². The molecular weight excluding hydrogens is 641 g/mol. The molecule has 276 valence electrons. The Kier molecular flexibility index (Phi) is 23.8. The highest BCUT2D eigenvalue weighted by Gasteiger charge is 2.42. The van der Waals surface area contributed by atoms with Crippen LogP contribution in [-0.4, -0.2) is 77.8 Å². The van der Waals surface area contributed by atoms with Gasteiger partial charge in [0.1, 0.15) is 0 Å². The second kappa shape index (κ2) is 27.7. The van der Waals surface area contributed by atoms with E-state index in [-0.39, 0.29) is 48.5 Å². The summed E-state index contributed by atoms with van der Waals surface area (Å²) in [6, 6.07) is 0.237. The Bertz CT molecular complexity index is 1080. The fraction of sp³-hybridized carbons (Fsp3) is 0.684. The molecule has 0 spiro atoms. The number of fused-ring (bicyclic) bond motifs is 1. The lowest BCUT2D eigenvalue weighted by atomic mass is 10.0. The van der Waals surface area contributed by atoms with Gasteiger partial charge in [-0.15, -0.1) is 0 Å². The van der Waals surface area contributed by atoms with Crippen molar-refractivity contribution in [2.45, 2.75) is 139 Å². The van der Waals surface area contributed by atoms with Gasteiger partial charge in [0.2, 0.25) is 11.8 Å². The third-order valence-electron chi connectivity index (χ3n) is 8.43. The number of urea groups is 1. The summed E-state index contributed by atoms with van der Waals surface area (Å²) in [4.78, 5) is 47.2. The molecular formula is C38H62N4O6S. The van der Waals surface area contributed by atoms with Crippen molar-refractivity contribution >= 4 is 35.6 Å². The summed E-state index contributed by atoms with van der Waals surface area (Å²) < 4.78 is 5.35. The molecule has 4 atom stereocenters. The Hall–Kier alpha value is -3.05. The van der Waals surface area contributed by atoms with E-state index in [9.17, 15) is 19.2 Å². The second-order valence-electron chi connectivity index (χ2n) is 12.9. The minimum atomic E-state index is -0.183. The van der Waals surface area contributed by atoms with E-state index < -0.39 is 0 Å². The first kappa shape index (κ1) is 42.1. The molecule has 0 unspecified atom stereocenters. The summed E-state index contributed by atoms with van der Waals surface area (Å²) in [7, 11) is 0. The van der Waals surface area contributed by atoms with E-state index in [0.717, 1.165) is 95.6 Å². The number of carbonyl (C=O) groups excluding carboxylic acids is 4. The van der Waals surface area contributed by atoms with Crippen LogP contribution in [0.3, 0.4) is 0 Å². The van der Waals surface area contributed by atoms with Gasteiger partial charge in [-0.25, -0.2) is 4.79 Å². The third-order valence-corrected chi connectivity index (χ3v) is 9.94. The first-order chi connectivity index (χ1) is 23.9. The maximum atomic E-state index is 12.1. The average Bonchev–Trinajstić information content (AvgIpc) is 3.64. The van der Waals surface area contributed by atoms with E-state index in [4.69, 9.17) is 9.84 Å². The smallest absolute Gasteiger partial charge is 0.315 e. The highest BCUT2D eigenvalue weighted by Crippen LogP contribution is 2.33. The molecule has 0 bridgehead atoms. The number of carbonyl (C=O) groups is 4. The van der Waals surface area contributed by atoms with Crippen LogP contribution in [0.25, 0.3) is 0 Å². The Morgan fingerprint density at radius 1 is 0.816 bits per heavy atom. The van der Waals surface area contributed by atoms with Gasteiger partial charge in [-0.3, -0.25) is 14.4 Å². The number of aliphatic hydroxyl groups excluding tert-OH is 1.